The lowest BCUT2D eigenvalue weighted by molar-refractivity contribution is 0.104. The molecule has 0 bridgehead atoms. The minimum atomic E-state index is 0.188. The van der Waals surface area contributed by atoms with E-state index < -0.39 is 0 Å². The molecule has 4 nitrogen and oxygen atoms in total. The average Bonchev–Trinajstić information content (AvgIpc) is 2.62. The van der Waals surface area contributed by atoms with Crippen LogP contribution in [0.1, 0.15) is 6.92 Å². The maximum atomic E-state index is 5.19. The lowest BCUT2D eigenvalue weighted by Crippen LogP contribution is -2.16. The molecule has 0 radical (unpaired) electrons. The minimum Gasteiger partial charge on any atom is -0.380 e. The Bertz CT molecular complexity index is 283. The molecule has 1 atom stereocenters. The van der Waals surface area contributed by atoms with Crippen molar-refractivity contribution in [3.05, 3.63) is 25.0 Å². The van der Waals surface area contributed by atoms with E-state index in [2.05, 4.69) is 16.9 Å². The van der Waals surface area contributed by atoms with Crippen molar-refractivity contribution >= 4 is 5.95 Å². The molecule has 78 valence electrons. The molecule has 1 unspecified atom stereocenters. The molecule has 0 aliphatic rings. The van der Waals surface area contributed by atoms with E-state index in [9.17, 15) is 0 Å². The van der Waals surface area contributed by atoms with E-state index in [1.54, 1.807) is 19.4 Å². The highest BCUT2D eigenvalue weighted by molar-refractivity contribution is 5.26. The Kier molecular flexibility index (Phi) is 4.19. The summed E-state index contributed by atoms with van der Waals surface area (Å²) in [6, 6.07) is 0. The van der Waals surface area contributed by atoms with Gasteiger partial charge in [-0.3, -0.25) is 0 Å². The SMILES string of the molecule is C=CCNc1nccn1CC(C)OC. The molecular formula is C10H17N3O. The Hall–Kier alpha value is -1.29. The summed E-state index contributed by atoms with van der Waals surface area (Å²) in [5, 5.41) is 3.15. The molecule has 0 amide bonds. The van der Waals surface area contributed by atoms with Gasteiger partial charge in [-0.1, -0.05) is 6.08 Å². The van der Waals surface area contributed by atoms with Gasteiger partial charge in [0, 0.05) is 26.0 Å². The third-order valence-corrected chi connectivity index (χ3v) is 1.98. The molecule has 0 saturated heterocycles. The van der Waals surface area contributed by atoms with Crippen molar-refractivity contribution in [2.75, 3.05) is 19.0 Å². The molecule has 0 aliphatic carbocycles. The third kappa shape index (κ3) is 2.88. The van der Waals surface area contributed by atoms with Crippen LogP contribution in [-0.4, -0.2) is 29.3 Å². The Balaban J connectivity index is 2.57. The van der Waals surface area contributed by atoms with Crippen LogP contribution in [0.4, 0.5) is 5.95 Å². The Morgan fingerprint density at radius 3 is 3.21 bits per heavy atom. The molecule has 1 aromatic rings. The van der Waals surface area contributed by atoms with E-state index in [1.807, 2.05) is 17.7 Å². The van der Waals surface area contributed by atoms with Crippen molar-refractivity contribution < 1.29 is 4.74 Å². The van der Waals surface area contributed by atoms with E-state index in [1.165, 1.54) is 0 Å². The standard InChI is InChI=1S/C10H17N3O/c1-4-5-11-10-12-6-7-13(10)8-9(2)14-3/h4,6-7,9H,1,5,8H2,2-3H3,(H,11,12). The number of methoxy groups -OCH3 is 1. The highest BCUT2D eigenvalue weighted by Crippen LogP contribution is 2.06. The molecule has 4 heteroatoms. The maximum absolute atomic E-state index is 5.19. The van der Waals surface area contributed by atoms with Crippen LogP contribution in [0.5, 0.6) is 0 Å². The Morgan fingerprint density at radius 1 is 1.79 bits per heavy atom. The van der Waals surface area contributed by atoms with E-state index in [0.29, 0.717) is 0 Å². The van der Waals surface area contributed by atoms with Gasteiger partial charge in [-0.25, -0.2) is 4.98 Å². The third-order valence-electron chi connectivity index (χ3n) is 1.98. The van der Waals surface area contributed by atoms with Crippen LogP contribution in [0.2, 0.25) is 0 Å². The van der Waals surface area contributed by atoms with Gasteiger partial charge in [-0.2, -0.15) is 0 Å². The zero-order valence-corrected chi connectivity index (χ0v) is 8.73. The minimum absolute atomic E-state index is 0.188. The zero-order chi connectivity index (χ0) is 10.4. The van der Waals surface area contributed by atoms with E-state index in [-0.39, 0.29) is 6.10 Å². The van der Waals surface area contributed by atoms with Gasteiger partial charge in [0.1, 0.15) is 0 Å². The molecule has 0 spiro atoms. The normalized spacial score (nSPS) is 12.4. The van der Waals surface area contributed by atoms with Crippen LogP contribution in [0.15, 0.2) is 25.0 Å². The van der Waals surface area contributed by atoms with Crippen molar-refractivity contribution in [1.82, 2.24) is 9.55 Å². The molecule has 1 aromatic heterocycles. The molecule has 0 aromatic carbocycles. The summed E-state index contributed by atoms with van der Waals surface area (Å²) in [4.78, 5) is 4.19. The number of ether oxygens (including phenoxy) is 1. The summed E-state index contributed by atoms with van der Waals surface area (Å²) in [5.41, 5.74) is 0. The quantitative estimate of drug-likeness (QED) is 0.699. The van der Waals surface area contributed by atoms with E-state index in [0.717, 1.165) is 19.0 Å². The summed E-state index contributed by atoms with van der Waals surface area (Å²) in [5.74, 6) is 0.855. The fourth-order valence-corrected chi connectivity index (χ4v) is 1.14. The van der Waals surface area contributed by atoms with Crippen molar-refractivity contribution in [1.29, 1.82) is 0 Å². The number of nitrogens with zero attached hydrogens (tertiary/aromatic N) is 2. The first-order chi connectivity index (χ1) is 6.77. The van der Waals surface area contributed by atoms with Gasteiger partial charge >= 0.3 is 0 Å². The van der Waals surface area contributed by atoms with E-state index >= 15 is 0 Å². The first-order valence-electron chi connectivity index (χ1n) is 4.66. The van der Waals surface area contributed by atoms with Crippen LogP contribution in [0, 0.1) is 0 Å². The molecule has 0 fully saturated rings. The first-order valence-corrected chi connectivity index (χ1v) is 4.66. The van der Waals surface area contributed by atoms with Gasteiger partial charge in [0.05, 0.1) is 12.6 Å². The van der Waals surface area contributed by atoms with Gasteiger partial charge in [0.25, 0.3) is 0 Å². The van der Waals surface area contributed by atoms with Crippen molar-refractivity contribution in [2.24, 2.45) is 0 Å². The molecule has 14 heavy (non-hydrogen) atoms. The van der Waals surface area contributed by atoms with Gasteiger partial charge < -0.3 is 14.6 Å². The lowest BCUT2D eigenvalue weighted by atomic mass is 10.4. The van der Waals surface area contributed by atoms with Gasteiger partial charge in [-0.15, -0.1) is 6.58 Å². The van der Waals surface area contributed by atoms with Crippen LogP contribution in [0.3, 0.4) is 0 Å². The second-order valence-corrected chi connectivity index (χ2v) is 3.12. The second kappa shape index (κ2) is 5.44. The molecule has 1 rings (SSSR count). The predicted octanol–water partition coefficient (Wildman–Crippen LogP) is 1.52. The Labute approximate surface area is 84.6 Å². The van der Waals surface area contributed by atoms with Crippen molar-refractivity contribution in [2.45, 2.75) is 19.6 Å². The monoisotopic (exact) mass is 195 g/mol. The van der Waals surface area contributed by atoms with Crippen LogP contribution in [-0.2, 0) is 11.3 Å². The number of anilines is 1. The topological polar surface area (TPSA) is 39.1 Å². The highest BCUT2D eigenvalue weighted by Gasteiger charge is 2.05. The fourth-order valence-electron chi connectivity index (χ4n) is 1.14. The summed E-state index contributed by atoms with van der Waals surface area (Å²) < 4.78 is 7.21. The van der Waals surface area contributed by atoms with E-state index in [4.69, 9.17) is 4.74 Å². The summed E-state index contributed by atoms with van der Waals surface area (Å²) >= 11 is 0. The summed E-state index contributed by atoms with van der Waals surface area (Å²) in [6.07, 6.45) is 5.70. The first kappa shape index (κ1) is 10.8. The number of imidazole rings is 1. The number of hydrogen-bond acceptors (Lipinski definition) is 3. The van der Waals surface area contributed by atoms with Gasteiger partial charge in [0.2, 0.25) is 5.95 Å². The average molecular weight is 195 g/mol. The summed E-state index contributed by atoms with van der Waals surface area (Å²) in [7, 11) is 1.71. The zero-order valence-electron chi connectivity index (χ0n) is 8.73. The smallest absolute Gasteiger partial charge is 0.203 e. The predicted molar refractivity (Wildman–Crippen MR) is 57.4 cm³/mol. The van der Waals surface area contributed by atoms with Crippen molar-refractivity contribution in [3.8, 4) is 0 Å². The molecular weight excluding hydrogens is 178 g/mol. The number of aromatic nitrogens is 2. The van der Waals surface area contributed by atoms with Crippen LogP contribution >= 0.6 is 0 Å². The van der Waals surface area contributed by atoms with Crippen LogP contribution in [0.25, 0.3) is 0 Å². The molecule has 1 N–H and O–H groups in total. The Morgan fingerprint density at radius 2 is 2.57 bits per heavy atom. The number of rotatable bonds is 6. The molecule has 0 aliphatic heterocycles. The maximum Gasteiger partial charge on any atom is 0.203 e. The number of hydrogen-bond donors (Lipinski definition) is 1. The van der Waals surface area contributed by atoms with Gasteiger partial charge in [-0.05, 0) is 6.92 Å². The largest absolute Gasteiger partial charge is 0.380 e. The molecule has 1 heterocycles. The molecule has 0 saturated carbocycles. The highest BCUT2D eigenvalue weighted by atomic mass is 16.5. The lowest BCUT2D eigenvalue weighted by Gasteiger charge is -2.12. The fraction of sp³-hybridized carbons (Fsp3) is 0.500. The number of nitrogens with one attached hydrogen (secondary N) is 1. The van der Waals surface area contributed by atoms with Crippen molar-refractivity contribution in [3.63, 3.8) is 0 Å². The van der Waals surface area contributed by atoms with Crippen LogP contribution < -0.4 is 5.32 Å². The summed E-state index contributed by atoms with van der Waals surface area (Å²) in [6.45, 7) is 7.19. The second-order valence-electron chi connectivity index (χ2n) is 3.12. The van der Waals surface area contributed by atoms with Gasteiger partial charge in [0.15, 0.2) is 0 Å².